The van der Waals surface area contributed by atoms with E-state index in [0.717, 1.165) is 61.2 Å². The first-order chi connectivity index (χ1) is 18.7. The number of ether oxygens (including phenoxy) is 1. The molecule has 1 aliphatic heterocycles. The molecule has 1 aliphatic rings. The van der Waals surface area contributed by atoms with Crippen LogP contribution in [0.2, 0.25) is 0 Å². The molecule has 2 atom stereocenters. The lowest BCUT2D eigenvalue weighted by atomic mass is 9.87. The molecule has 0 amide bonds. The fraction of sp³-hybridized carbons (Fsp3) is 0.424. The number of nitrogens with zero attached hydrogens (tertiary/aromatic N) is 1. The number of carbonyl (C=O) groups is 1. The van der Waals surface area contributed by atoms with Crippen LogP contribution in [0, 0.1) is 5.92 Å². The van der Waals surface area contributed by atoms with Gasteiger partial charge in [0.25, 0.3) is 0 Å². The van der Waals surface area contributed by atoms with Crippen LogP contribution in [0.25, 0.3) is 11.1 Å². The largest absolute Gasteiger partial charge is 0.469 e. The highest BCUT2D eigenvalue weighted by Crippen LogP contribution is 2.37. The minimum atomic E-state index is -4.39. The first-order valence-corrected chi connectivity index (χ1v) is 13.9. The topological polar surface area (TPSA) is 29.5 Å². The highest BCUT2D eigenvalue weighted by atomic mass is 19.4. The number of alkyl halides is 3. The van der Waals surface area contributed by atoms with E-state index in [0.29, 0.717) is 18.0 Å². The van der Waals surface area contributed by atoms with E-state index in [1.54, 1.807) is 0 Å². The molecular weight excluding hydrogens is 499 g/mol. The third kappa shape index (κ3) is 7.43. The highest BCUT2D eigenvalue weighted by Gasteiger charge is 2.31. The van der Waals surface area contributed by atoms with E-state index in [4.69, 9.17) is 4.74 Å². The number of rotatable bonds is 9. The van der Waals surface area contributed by atoms with Crippen molar-refractivity contribution in [2.24, 2.45) is 5.92 Å². The minimum absolute atomic E-state index is 0.265. The molecule has 0 saturated carbocycles. The maximum atomic E-state index is 13.2. The number of esters is 1. The summed E-state index contributed by atoms with van der Waals surface area (Å²) in [5.74, 6) is -0.477. The summed E-state index contributed by atoms with van der Waals surface area (Å²) in [7, 11) is 1.40. The second-order valence-electron chi connectivity index (χ2n) is 11.0. The third-order valence-electron chi connectivity index (χ3n) is 7.65. The van der Waals surface area contributed by atoms with Gasteiger partial charge in [0.15, 0.2) is 0 Å². The SMILES string of the molecule is COC(=O)[C@H](CC(C)C)c1cc(-c2ccc(C(F)(F)F)cc2)cc(N2CCCCC2CCc2ccccc2)c1. The van der Waals surface area contributed by atoms with E-state index in [1.807, 2.05) is 12.1 Å². The highest BCUT2D eigenvalue weighted by molar-refractivity contribution is 5.80. The molecule has 3 aromatic rings. The van der Waals surface area contributed by atoms with Gasteiger partial charge < -0.3 is 9.64 Å². The number of carbonyl (C=O) groups excluding carboxylic acids is 1. The molecule has 0 N–H and O–H groups in total. The zero-order chi connectivity index (χ0) is 28.0. The van der Waals surface area contributed by atoms with Gasteiger partial charge in [-0.1, -0.05) is 62.4 Å². The van der Waals surface area contributed by atoms with Crippen molar-refractivity contribution in [2.75, 3.05) is 18.6 Å². The summed E-state index contributed by atoms with van der Waals surface area (Å²) >= 11 is 0. The van der Waals surface area contributed by atoms with Crippen LogP contribution in [0.3, 0.4) is 0 Å². The Kier molecular flexibility index (Phi) is 9.36. The fourth-order valence-corrected chi connectivity index (χ4v) is 5.62. The van der Waals surface area contributed by atoms with Crippen LogP contribution in [0.4, 0.5) is 18.9 Å². The van der Waals surface area contributed by atoms with Crippen molar-refractivity contribution >= 4 is 11.7 Å². The molecule has 0 bridgehead atoms. The van der Waals surface area contributed by atoms with E-state index in [9.17, 15) is 18.0 Å². The van der Waals surface area contributed by atoms with Gasteiger partial charge in [-0.25, -0.2) is 0 Å². The summed E-state index contributed by atoms with van der Waals surface area (Å²) < 4.78 is 44.9. The molecule has 6 heteroatoms. The van der Waals surface area contributed by atoms with Crippen LogP contribution < -0.4 is 4.90 Å². The Bertz CT molecular complexity index is 1220. The van der Waals surface area contributed by atoms with Crippen molar-refractivity contribution in [1.82, 2.24) is 0 Å². The summed E-state index contributed by atoms with van der Waals surface area (Å²) in [4.78, 5) is 15.3. The molecule has 0 aromatic heterocycles. The number of halogens is 3. The van der Waals surface area contributed by atoms with Crippen LogP contribution >= 0.6 is 0 Å². The summed E-state index contributed by atoms with van der Waals surface area (Å²) in [6.45, 7) is 5.05. The number of hydrogen-bond acceptors (Lipinski definition) is 3. The predicted octanol–water partition coefficient (Wildman–Crippen LogP) is 8.67. The molecule has 0 aliphatic carbocycles. The Morgan fingerprint density at radius 3 is 2.33 bits per heavy atom. The van der Waals surface area contributed by atoms with Crippen LogP contribution in [0.15, 0.2) is 72.8 Å². The molecule has 1 unspecified atom stereocenters. The molecule has 3 aromatic carbocycles. The van der Waals surface area contributed by atoms with Crippen molar-refractivity contribution in [3.8, 4) is 11.1 Å². The van der Waals surface area contributed by atoms with Crippen molar-refractivity contribution in [3.63, 3.8) is 0 Å². The molecule has 1 heterocycles. The van der Waals surface area contributed by atoms with Crippen molar-refractivity contribution < 1.29 is 22.7 Å². The van der Waals surface area contributed by atoms with E-state index in [1.165, 1.54) is 31.2 Å². The number of benzene rings is 3. The Hall–Kier alpha value is -3.28. The van der Waals surface area contributed by atoms with Crippen molar-refractivity contribution in [1.29, 1.82) is 0 Å². The van der Waals surface area contributed by atoms with Gasteiger partial charge in [-0.15, -0.1) is 0 Å². The van der Waals surface area contributed by atoms with E-state index in [-0.39, 0.29) is 11.9 Å². The Balaban J connectivity index is 1.74. The van der Waals surface area contributed by atoms with Crippen molar-refractivity contribution in [3.05, 3.63) is 89.5 Å². The number of piperidine rings is 1. The molecular formula is C33H38F3NO2. The Morgan fingerprint density at radius 1 is 0.974 bits per heavy atom. The van der Waals surface area contributed by atoms with Gasteiger partial charge in [-0.2, -0.15) is 13.2 Å². The molecule has 0 radical (unpaired) electrons. The van der Waals surface area contributed by atoms with Gasteiger partial charge in [0.1, 0.15) is 0 Å². The van der Waals surface area contributed by atoms with Crippen LogP contribution in [0.1, 0.15) is 68.6 Å². The lowest BCUT2D eigenvalue weighted by molar-refractivity contribution is -0.143. The van der Waals surface area contributed by atoms with Gasteiger partial charge >= 0.3 is 12.1 Å². The molecule has 208 valence electrons. The maximum absolute atomic E-state index is 13.2. The number of methoxy groups -OCH3 is 1. The number of hydrogen-bond donors (Lipinski definition) is 0. The summed E-state index contributed by atoms with van der Waals surface area (Å²) in [6, 6.07) is 22.2. The molecule has 1 saturated heterocycles. The second-order valence-corrected chi connectivity index (χ2v) is 11.0. The molecule has 39 heavy (non-hydrogen) atoms. The first kappa shape index (κ1) is 28.7. The first-order valence-electron chi connectivity index (χ1n) is 13.9. The Morgan fingerprint density at radius 2 is 1.69 bits per heavy atom. The van der Waals surface area contributed by atoms with Gasteiger partial charge in [0, 0.05) is 18.3 Å². The van der Waals surface area contributed by atoms with Crippen LogP contribution in [0.5, 0.6) is 0 Å². The predicted molar refractivity (Wildman–Crippen MR) is 151 cm³/mol. The van der Waals surface area contributed by atoms with Gasteiger partial charge in [0.05, 0.1) is 18.6 Å². The van der Waals surface area contributed by atoms with E-state index in [2.05, 4.69) is 55.1 Å². The van der Waals surface area contributed by atoms with Crippen LogP contribution in [-0.2, 0) is 22.1 Å². The summed E-state index contributed by atoms with van der Waals surface area (Å²) in [5, 5.41) is 0. The molecule has 1 fully saturated rings. The van der Waals surface area contributed by atoms with Gasteiger partial charge in [0.2, 0.25) is 0 Å². The average Bonchev–Trinajstić information content (AvgIpc) is 2.94. The van der Waals surface area contributed by atoms with Gasteiger partial charge in [-0.3, -0.25) is 4.79 Å². The average molecular weight is 538 g/mol. The molecule has 3 nitrogen and oxygen atoms in total. The minimum Gasteiger partial charge on any atom is -0.469 e. The summed E-state index contributed by atoms with van der Waals surface area (Å²) in [5.41, 5.74) is 3.99. The fourth-order valence-electron chi connectivity index (χ4n) is 5.62. The lowest BCUT2D eigenvalue weighted by Crippen LogP contribution is -2.40. The number of anilines is 1. The quantitative estimate of drug-likeness (QED) is 0.256. The standard InChI is InChI=1S/C33H38F3NO2/c1-23(2)19-31(32(38)39-3)27-20-26(25-13-15-28(16-14-25)33(34,35)36)21-30(22-27)37-18-8-7-11-29(37)17-12-24-9-5-4-6-10-24/h4-6,9-10,13-16,20-23,29,31H,7-8,11-12,17-19H2,1-3H3/t29?,31-/m1/s1. The molecule has 4 rings (SSSR count). The van der Waals surface area contributed by atoms with E-state index >= 15 is 0 Å². The normalized spacial score (nSPS) is 16.8. The lowest BCUT2D eigenvalue weighted by Gasteiger charge is -2.38. The van der Waals surface area contributed by atoms with Crippen LogP contribution in [-0.4, -0.2) is 25.7 Å². The smallest absolute Gasteiger partial charge is 0.416 e. The zero-order valence-corrected chi connectivity index (χ0v) is 23.0. The number of aryl methyl sites for hydroxylation is 1. The maximum Gasteiger partial charge on any atom is 0.416 e. The summed E-state index contributed by atoms with van der Waals surface area (Å²) in [6.07, 6.45) is 1.55. The monoisotopic (exact) mass is 537 g/mol. The zero-order valence-electron chi connectivity index (χ0n) is 23.0. The third-order valence-corrected chi connectivity index (χ3v) is 7.65. The van der Waals surface area contributed by atoms with E-state index < -0.39 is 17.7 Å². The van der Waals surface area contributed by atoms with Gasteiger partial charge in [-0.05, 0) is 91.0 Å². The Labute approximate surface area is 230 Å². The molecule has 0 spiro atoms. The van der Waals surface area contributed by atoms with Crippen molar-refractivity contribution in [2.45, 2.75) is 70.5 Å². The second kappa shape index (κ2) is 12.7.